The fraction of sp³-hybridized carbons (Fsp3) is 0.917. The van der Waals surface area contributed by atoms with E-state index in [4.69, 9.17) is 5.73 Å². The van der Waals surface area contributed by atoms with Gasteiger partial charge in [0.05, 0.1) is 0 Å². The highest BCUT2D eigenvalue weighted by molar-refractivity contribution is 5.76. The van der Waals surface area contributed by atoms with Crippen LogP contribution in [0.1, 0.15) is 27.2 Å². The van der Waals surface area contributed by atoms with E-state index in [1.54, 1.807) is 0 Å². The first kappa shape index (κ1) is 16.4. The Morgan fingerprint density at radius 1 is 1.24 bits per heavy atom. The van der Waals surface area contributed by atoms with E-state index in [0.29, 0.717) is 26.1 Å². The van der Waals surface area contributed by atoms with Crippen molar-refractivity contribution < 1.29 is 4.79 Å². The van der Waals surface area contributed by atoms with Gasteiger partial charge in [-0.3, -0.25) is 4.79 Å². The highest BCUT2D eigenvalue weighted by Gasteiger charge is 2.15. The summed E-state index contributed by atoms with van der Waals surface area (Å²) in [6.45, 7) is 10.2. The molecule has 0 atom stereocenters. The number of rotatable bonds is 8. The van der Waals surface area contributed by atoms with E-state index in [9.17, 15) is 4.79 Å². The lowest BCUT2D eigenvalue weighted by Crippen LogP contribution is -2.42. The second-order valence-electron chi connectivity index (χ2n) is 5.23. The van der Waals surface area contributed by atoms with Gasteiger partial charge in [-0.1, -0.05) is 0 Å². The van der Waals surface area contributed by atoms with Crippen LogP contribution in [-0.4, -0.2) is 56.1 Å². The van der Waals surface area contributed by atoms with Crippen LogP contribution in [0.25, 0.3) is 0 Å². The van der Waals surface area contributed by atoms with Crippen molar-refractivity contribution in [3.63, 3.8) is 0 Å². The Bertz CT molecular complexity index is 213. The molecule has 0 aromatic carbocycles. The van der Waals surface area contributed by atoms with Crippen LogP contribution in [0.15, 0.2) is 0 Å². The average molecular weight is 244 g/mol. The molecule has 102 valence electrons. The number of nitrogens with zero attached hydrogens (tertiary/aromatic N) is 1. The van der Waals surface area contributed by atoms with Crippen LogP contribution < -0.4 is 16.4 Å². The predicted octanol–water partition coefficient (Wildman–Crippen LogP) is -0.229. The maximum Gasteiger partial charge on any atom is 0.221 e. The van der Waals surface area contributed by atoms with Crippen LogP contribution in [0.4, 0.5) is 0 Å². The van der Waals surface area contributed by atoms with Crippen molar-refractivity contribution in [3.05, 3.63) is 0 Å². The third kappa shape index (κ3) is 9.09. The van der Waals surface area contributed by atoms with Gasteiger partial charge in [-0.15, -0.1) is 0 Å². The molecule has 0 aliphatic rings. The molecule has 1 amide bonds. The summed E-state index contributed by atoms with van der Waals surface area (Å²) in [5, 5.41) is 6.00. The molecule has 5 heteroatoms. The number of hydrogen-bond donors (Lipinski definition) is 3. The van der Waals surface area contributed by atoms with Crippen LogP contribution in [0.5, 0.6) is 0 Å². The smallest absolute Gasteiger partial charge is 0.221 e. The number of carbonyl (C=O) groups is 1. The van der Waals surface area contributed by atoms with Gasteiger partial charge in [0.2, 0.25) is 5.91 Å². The topological polar surface area (TPSA) is 70.4 Å². The van der Waals surface area contributed by atoms with Crippen molar-refractivity contribution in [1.82, 2.24) is 15.5 Å². The highest BCUT2D eigenvalue weighted by Crippen LogP contribution is 2.08. The molecule has 0 heterocycles. The van der Waals surface area contributed by atoms with E-state index in [2.05, 4.69) is 43.4 Å². The summed E-state index contributed by atoms with van der Waals surface area (Å²) in [7, 11) is 2.11. The fourth-order valence-corrected chi connectivity index (χ4v) is 1.21. The molecule has 4 N–H and O–H groups in total. The van der Waals surface area contributed by atoms with Gasteiger partial charge in [0, 0.05) is 44.7 Å². The third-order valence-corrected chi connectivity index (χ3v) is 2.76. The molecule has 0 spiro atoms. The summed E-state index contributed by atoms with van der Waals surface area (Å²) in [6.07, 6.45) is 0.513. The van der Waals surface area contributed by atoms with Gasteiger partial charge in [-0.25, -0.2) is 0 Å². The van der Waals surface area contributed by atoms with E-state index in [1.165, 1.54) is 0 Å². The SMILES string of the molecule is CN(CCNCCC(=O)NCCN)C(C)(C)C. The monoisotopic (exact) mass is 244 g/mol. The molecule has 5 nitrogen and oxygen atoms in total. The van der Waals surface area contributed by atoms with Crippen molar-refractivity contribution >= 4 is 5.91 Å². The standard InChI is InChI=1S/C12H28N4O/c1-12(2,3)16(4)10-9-14-7-5-11(17)15-8-6-13/h14H,5-10,13H2,1-4H3,(H,15,17). The van der Waals surface area contributed by atoms with E-state index < -0.39 is 0 Å². The molecule has 17 heavy (non-hydrogen) atoms. The van der Waals surface area contributed by atoms with Gasteiger partial charge in [0.25, 0.3) is 0 Å². The van der Waals surface area contributed by atoms with Crippen molar-refractivity contribution in [2.24, 2.45) is 5.73 Å². The van der Waals surface area contributed by atoms with Crippen LogP contribution >= 0.6 is 0 Å². The van der Waals surface area contributed by atoms with Crippen molar-refractivity contribution in [1.29, 1.82) is 0 Å². The average Bonchev–Trinajstić information content (AvgIpc) is 2.24. The summed E-state index contributed by atoms with van der Waals surface area (Å²) in [5.74, 6) is 0.0622. The van der Waals surface area contributed by atoms with Crippen LogP contribution in [-0.2, 0) is 4.79 Å². The number of amides is 1. The lowest BCUT2D eigenvalue weighted by atomic mass is 10.1. The van der Waals surface area contributed by atoms with Crippen molar-refractivity contribution in [2.45, 2.75) is 32.7 Å². The summed E-state index contributed by atoms with van der Waals surface area (Å²) in [5.41, 5.74) is 5.49. The normalized spacial score (nSPS) is 11.9. The number of nitrogens with two attached hydrogens (primary N) is 1. The molecule has 0 saturated carbocycles. The second kappa shape index (κ2) is 8.44. The van der Waals surface area contributed by atoms with Gasteiger partial charge < -0.3 is 21.3 Å². The Labute approximate surface area is 105 Å². The van der Waals surface area contributed by atoms with Gasteiger partial charge >= 0.3 is 0 Å². The van der Waals surface area contributed by atoms with Gasteiger partial charge in [0.1, 0.15) is 0 Å². The van der Waals surface area contributed by atoms with Gasteiger partial charge in [-0.2, -0.15) is 0 Å². The first-order chi connectivity index (χ1) is 7.88. The maximum absolute atomic E-state index is 11.2. The lowest BCUT2D eigenvalue weighted by Gasteiger charge is -2.31. The molecule has 0 fully saturated rings. The van der Waals surface area contributed by atoms with Crippen molar-refractivity contribution in [2.75, 3.05) is 39.8 Å². The second-order valence-corrected chi connectivity index (χ2v) is 5.23. The Hall–Kier alpha value is -0.650. The molecule has 0 aliphatic carbocycles. The highest BCUT2D eigenvalue weighted by atomic mass is 16.1. The number of hydrogen-bond acceptors (Lipinski definition) is 4. The third-order valence-electron chi connectivity index (χ3n) is 2.76. The number of carbonyl (C=O) groups excluding carboxylic acids is 1. The molecule has 0 unspecified atom stereocenters. The summed E-state index contributed by atoms with van der Waals surface area (Å²) in [4.78, 5) is 13.5. The molecule has 0 aromatic rings. The Kier molecular flexibility index (Phi) is 8.12. The first-order valence-electron chi connectivity index (χ1n) is 6.26. The largest absolute Gasteiger partial charge is 0.355 e. The van der Waals surface area contributed by atoms with Crippen LogP contribution in [0.2, 0.25) is 0 Å². The molecule has 0 radical (unpaired) electrons. The predicted molar refractivity (Wildman–Crippen MR) is 71.9 cm³/mol. The summed E-state index contributed by atoms with van der Waals surface area (Å²) >= 11 is 0. The maximum atomic E-state index is 11.2. The van der Waals surface area contributed by atoms with E-state index in [1.807, 2.05) is 0 Å². The molecular weight excluding hydrogens is 216 g/mol. The van der Waals surface area contributed by atoms with E-state index >= 15 is 0 Å². The van der Waals surface area contributed by atoms with Crippen molar-refractivity contribution in [3.8, 4) is 0 Å². The summed E-state index contributed by atoms with van der Waals surface area (Å²) in [6, 6.07) is 0. The first-order valence-corrected chi connectivity index (χ1v) is 6.26. The fourth-order valence-electron chi connectivity index (χ4n) is 1.21. The Morgan fingerprint density at radius 2 is 1.88 bits per heavy atom. The van der Waals surface area contributed by atoms with Crippen LogP contribution in [0.3, 0.4) is 0 Å². The molecule has 0 aliphatic heterocycles. The summed E-state index contributed by atoms with van der Waals surface area (Å²) < 4.78 is 0. The number of likely N-dealkylation sites (N-methyl/N-ethyl adjacent to an activating group) is 1. The van der Waals surface area contributed by atoms with Gasteiger partial charge in [0.15, 0.2) is 0 Å². The molecule has 0 saturated heterocycles. The number of nitrogens with one attached hydrogen (secondary N) is 2. The zero-order valence-corrected chi connectivity index (χ0v) is 11.7. The quantitative estimate of drug-likeness (QED) is 0.516. The Balaban J connectivity index is 3.44. The zero-order valence-electron chi connectivity index (χ0n) is 11.7. The minimum Gasteiger partial charge on any atom is -0.355 e. The minimum atomic E-state index is 0.0622. The zero-order chi connectivity index (χ0) is 13.3. The Morgan fingerprint density at radius 3 is 2.41 bits per heavy atom. The lowest BCUT2D eigenvalue weighted by molar-refractivity contribution is -0.120. The molecule has 0 bridgehead atoms. The van der Waals surface area contributed by atoms with E-state index in [0.717, 1.165) is 13.1 Å². The van der Waals surface area contributed by atoms with Gasteiger partial charge in [-0.05, 0) is 27.8 Å². The van der Waals surface area contributed by atoms with E-state index in [-0.39, 0.29) is 11.4 Å². The minimum absolute atomic E-state index is 0.0622. The van der Waals surface area contributed by atoms with Crippen LogP contribution in [0, 0.1) is 0 Å². The molecule has 0 rings (SSSR count). The molecular formula is C12H28N4O. The molecule has 0 aromatic heterocycles.